The van der Waals surface area contributed by atoms with Gasteiger partial charge in [0.25, 0.3) is 0 Å². The topological polar surface area (TPSA) is 438 Å². The number of carbonyl (C=O) groups is 11. The van der Waals surface area contributed by atoms with E-state index < -0.39 is 137 Å². The molecule has 6 atom stereocenters. The van der Waals surface area contributed by atoms with Gasteiger partial charge in [-0.1, -0.05) is 50.7 Å². The number of phenolic OH excluding ortho intramolecular Hbond substituents is 1. The zero-order valence-corrected chi connectivity index (χ0v) is 44.2. The Bertz CT molecular complexity index is 2310. The molecule has 4 rings (SSSR count). The van der Waals surface area contributed by atoms with E-state index in [0.29, 0.717) is 44.1 Å². The molecule has 1 aromatic rings. The number of aromatic hydroxyl groups is 1. The molecular weight excluding hydrogens is 1030 g/mol. The van der Waals surface area contributed by atoms with Gasteiger partial charge in [0.1, 0.15) is 47.5 Å². The smallest absolute Gasteiger partial charge is 0.246 e. The van der Waals surface area contributed by atoms with Gasteiger partial charge in [-0.05, 0) is 75.5 Å². The van der Waals surface area contributed by atoms with Crippen LogP contribution < -0.4 is 65.9 Å². The van der Waals surface area contributed by atoms with Gasteiger partial charge in [0, 0.05) is 31.7 Å². The lowest BCUT2D eigenvalue weighted by Crippen LogP contribution is -2.66. The second-order valence-corrected chi connectivity index (χ2v) is 20.7. The van der Waals surface area contributed by atoms with E-state index in [1.807, 2.05) is 0 Å². The number of amides is 11. The molecule has 0 spiro atoms. The van der Waals surface area contributed by atoms with E-state index in [2.05, 4.69) is 54.8 Å². The highest BCUT2D eigenvalue weighted by Crippen LogP contribution is 2.34. The maximum Gasteiger partial charge on any atom is 0.246 e. The van der Waals surface area contributed by atoms with E-state index in [1.54, 1.807) is 12.1 Å². The molecule has 2 saturated carbocycles. The minimum Gasteiger partial charge on any atom is -0.508 e. The quantitative estimate of drug-likeness (QED) is 0.0168. The van der Waals surface area contributed by atoms with Crippen molar-refractivity contribution in [1.82, 2.24) is 42.1 Å². The number of nitrogens with two attached hydrogens (primary N) is 5. The number of nitrogens with one attached hydrogen (secondary N) is 7. The van der Waals surface area contributed by atoms with Gasteiger partial charge < -0.3 is 75.9 Å². The molecule has 1 aromatic carbocycles. The van der Waals surface area contributed by atoms with Crippen LogP contribution in [0.1, 0.15) is 115 Å². The predicted octanol–water partition coefficient (Wildman–Crippen LogP) is -3.47. The van der Waals surface area contributed by atoms with Crippen LogP contribution in [-0.4, -0.2) is 153 Å². The third-order valence-corrected chi connectivity index (χ3v) is 14.6. The second kappa shape index (κ2) is 29.5. The lowest BCUT2D eigenvalue weighted by molar-refractivity contribution is -0.142. The third-order valence-electron chi connectivity index (χ3n) is 13.6. The van der Waals surface area contributed by atoms with Gasteiger partial charge in [-0.15, -0.1) is 0 Å². The van der Waals surface area contributed by atoms with Crippen LogP contribution in [0.5, 0.6) is 5.75 Å². The predicted molar refractivity (Wildman–Crippen MR) is 283 cm³/mol. The molecule has 28 heteroatoms. The van der Waals surface area contributed by atoms with Crippen molar-refractivity contribution in [3.63, 3.8) is 0 Å². The van der Waals surface area contributed by atoms with E-state index in [-0.39, 0.29) is 69.1 Å². The number of thiol groups is 2. The van der Waals surface area contributed by atoms with Gasteiger partial charge in [-0.25, -0.2) is 0 Å². The van der Waals surface area contributed by atoms with Gasteiger partial charge in [0.05, 0.1) is 17.7 Å². The van der Waals surface area contributed by atoms with Crippen LogP contribution in [0.15, 0.2) is 29.3 Å². The molecule has 18 N–H and O–H groups in total. The summed E-state index contributed by atoms with van der Waals surface area (Å²) in [6, 6.07) is -2.29. The average molecular weight is 1100 g/mol. The Morgan fingerprint density at radius 1 is 0.658 bits per heavy atom. The standard InChI is InChI=1S/C48H74N14O12S2/c49-35(64)16-15-30(59-44(73)47(17-3-1-4-18-47)61-41(70)31(23-27-11-13-28(63)14-12-27)60-45(74)48(76)19-5-2-6-20-48)39(68)57-32(24-36(50)65)40(69)58-33(26-75)43(72)62-22-8-10-34(62)42(71)56-29(9-7-21-54-46(52)53)38(67)55-25-37(51)66/h11-14,29-34,63,75-76H,1-10,15-26H2,(H2,49,64)(H2,50,65)(H2,51,66)(H,55,67)(H,56,71)(H,57,68)(H,58,69)(H,59,73)(H,60,74)(H,61,70)(H4,52,53,54)/t29-,30-,31-,32-,33-,34-/m0/s1. The SMILES string of the molecule is NC(=O)CC[C@H](NC(=O)C1(NC(=O)[C@H](Cc2ccc(O)cc2)NC(=O)C2(S)CCCCC2)CCCCC1)C(=O)N[C@@H](CC(N)=O)C(=O)N[C@@H](CS)C(=O)N1CCC[C@H]1C(=O)N[C@@H](CCCN=C(N)N)C(=O)NCC(N)=O. The number of nitrogens with zero attached hydrogens (tertiary/aromatic N) is 2. The van der Waals surface area contributed by atoms with Crippen molar-refractivity contribution in [3.8, 4) is 5.75 Å². The van der Waals surface area contributed by atoms with Crippen LogP contribution in [0.4, 0.5) is 0 Å². The molecule has 3 aliphatic rings. The summed E-state index contributed by atoms with van der Waals surface area (Å²) >= 11 is 8.99. The average Bonchev–Trinajstić information content (AvgIpc) is 3.87. The summed E-state index contributed by atoms with van der Waals surface area (Å²) < 4.78 is -1.03. The highest BCUT2D eigenvalue weighted by molar-refractivity contribution is 7.82. The van der Waals surface area contributed by atoms with Crippen molar-refractivity contribution < 1.29 is 57.8 Å². The van der Waals surface area contributed by atoms with Crippen molar-refractivity contribution in [2.24, 2.45) is 33.7 Å². The number of benzene rings is 1. The molecule has 0 radical (unpaired) electrons. The van der Waals surface area contributed by atoms with Gasteiger partial charge in [0.2, 0.25) is 65.0 Å². The largest absolute Gasteiger partial charge is 0.508 e. The molecule has 11 amide bonds. The number of hydrogen-bond acceptors (Lipinski definition) is 15. The van der Waals surface area contributed by atoms with E-state index in [0.717, 1.165) is 19.3 Å². The first-order chi connectivity index (χ1) is 36.0. The molecule has 1 aliphatic heterocycles. The Kier molecular flexibility index (Phi) is 23.9. The number of carbonyl (C=O) groups excluding carboxylic acids is 11. The number of phenols is 1. The Hall–Kier alpha value is -6.84. The molecule has 0 bridgehead atoms. The molecule has 420 valence electrons. The van der Waals surface area contributed by atoms with Crippen LogP contribution >= 0.6 is 25.3 Å². The fourth-order valence-corrected chi connectivity index (χ4v) is 10.1. The number of hydrogen-bond donors (Lipinski definition) is 15. The first kappa shape index (κ1) is 61.7. The number of likely N-dealkylation sites (tertiary alicyclic amines) is 1. The summed E-state index contributed by atoms with van der Waals surface area (Å²) in [6.45, 7) is -0.349. The van der Waals surface area contributed by atoms with Crippen molar-refractivity contribution in [2.45, 2.75) is 162 Å². The Morgan fingerprint density at radius 3 is 1.84 bits per heavy atom. The van der Waals surface area contributed by atoms with Crippen LogP contribution in [0.3, 0.4) is 0 Å². The summed E-state index contributed by atoms with van der Waals surface area (Å²) in [7, 11) is 0. The molecule has 76 heavy (non-hydrogen) atoms. The number of aliphatic imine (C=N–C) groups is 1. The maximum absolute atomic E-state index is 14.6. The Labute approximate surface area is 451 Å². The van der Waals surface area contributed by atoms with Gasteiger partial charge >= 0.3 is 0 Å². The molecular formula is C48H74N14O12S2. The first-order valence-corrected chi connectivity index (χ1v) is 26.5. The van der Waals surface area contributed by atoms with Crippen molar-refractivity contribution in [1.29, 1.82) is 0 Å². The fraction of sp³-hybridized carbons (Fsp3) is 0.625. The molecule has 3 fully saturated rings. The highest BCUT2D eigenvalue weighted by atomic mass is 32.1. The van der Waals surface area contributed by atoms with Crippen molar-refractivity contribution in [2.75, 3.05) is 25.4 Å². The zero-order chi connectivity index (χ0) is 56.2. The Balaban J connectivity index is 1.52. The summed E-state index contributed by atoms with van der Waals surface area (Å²) in [5.74, 6) is -9.62. The van der Waals surface area contributed by atoms with Gasteiger partial charge in [-0.2, -0.15) is 25.3 Å². The molecule has 2 aliphatic carbocycles. The number of guanidine groups is 1. The first-order valence-electron chi connectivity index (χ1n) is 25.4. The molecule has 1 saturated heterocycles. The monoisotopic (exact) mass is 1100 g/mol. The van der Waals surface area contributed by atoms with Crippen molar-refractivity contribution >= 4 is 96.2 Å². The molecule has 26 nitrogen and oxygen atoms in total. The van der Waals surface area contributed by atoms with Gasteiger partial charge in [-0.3, -0.25) is 57.7 Å². The number of rotatable bonds is 28. The third kappa shape index (κ3) is 18.8. The molecule has 1 heterocycles. The Morgan fingerprint density at radius 2 is 1.25 bits per heavy atom. The summed E-state index contributed by atoms with van der Waals surface area (Å²) in [5.41, 5.74) is 25.9. The minimum atomic E-state index is -1.77. The van der Waals surface area contributed by atoms with Gasteiger partial charge in [0.15, 0.2) is 5.96 Å². The highest BCUT2D eigenvalue weighted by Gasteiger charge is 2.46. The lowest BCUT2D eigenvalue weighted by Gasteiger charge is -2.39. The van der Waals surface area contributed by atoms with Crippen LogP contribution in [0.2, 0.25) is 0 Å². The lowest BCUT2D eigenvalue weighted by atomic mass is 9.80. The summed E-state index contributed by atoms with van der Waals surface area (Å²) in [4.78, 5) is 153. The van der Waals surface area contributed by atoms with E-state index in [1.165, 1.54) is 17.0 Å². The summed E-state index contributed by atoms with van der Waals surface area (Å²) in [5, 5.41) is 28.1. The van der Waals surface area contributed by atoms with E-state index in [9.17, 15) is 57.8 Å². The molecule has 0 aromatic heterocycles. The normalized spacial score (nSPS) is 18.6. The van der Waals surface area contributed by atoms with Crippen LogP contribution in [-0.2, 0) is 59.2 Å². The van der Waals surface area contributed by atoms with Crippen molar-refractivity contribution in [3.05, 3.63) is 29.8 Å². The molecule has 0 unspecified atom stereocenters. The van der Waals surface area contributed by atoms with E-state index in [4.69, 9.17) is 41.3 Å². The fourth-order valence-electron chi connectivity index (χ4n) is 9.45. The maximum atomic E-state index is 14.6. The minimum absolute atomic E-state index is 0.0125. The zero-order valence-electron chi connectivity index (χ0n) is 42.4. The number of primary amides is 3. The second-order valence-electron chi connectivity index (χ2n) is 19.5. The summed E-state index contributed by atoms with van der Waals surface area (Å²) in [6.07, 6.45) is 4.45. The van der Waals surface area contributed by atoms with Crippen LogP contribution in [0.25, 0.3) is 0 Å². The van der Waals surface area contributed by atoms with Crippen LogP contribution in [0, 0.1) is 0 Å². The van der Waals surface area contributed by atoms with E-state index >= 15 is 0 Å².